The van der Waals surface area contributed by atoms with Gasteiger partial charge in [-0.25, -0.2) is 9.37 Å². The third-order valence-corrected chi connectivity index (χ3v) is 9.01. The number of rotatable bonds is 5. The minimum absolute atomic E-state index is 0.000236. The highest BCUT2D eigenvalue weighted by atomic mass is 35.5. The van der Waals surface area contributed by atoms with Crippen LogP contribution in [0.1, 0.15) is 38.4 Å². The Morgan fingerprint density at radius 2 is 1.97 bits per heavy atom. The van der Waals surface area contributed by atoms with Crippen molar-refractivity contribution in [3.05, 3.63) is 76.1 Å². The standard InChI is InChI=1S/C24H18ClFN6O4S2/c25-15-6-5-11(26)7-14(15)18-20-21(30-23(34)19-13-3-1-2-4-16(13)37-31-19)29-22(32(20)8-17(33)28-18)24(35)27-12-9-38(36)10-12/h1-7,12,18H,8-10H2,(H,27,35)(H,28,33)(H,30,34). The van der Waals surface area contributed by atoms with E-state index < -0.39 is 40.4 Å². The van der Waals surface area contributed by atoms with Crippen LogP contribution in [-0.4, -0.2) is 53.4 Å². The van der Waals surface area contributed by atoms with E-state index in [-0.39, 0.29) is 46.2 Å². The van der Waals surface area contributed by atoms with Gasteiger partial charge < -0.3 is 20.5 Å². The summed E-state index contributed by atoms with van der Waals surface area (Å²) in [6, 6.07) is 9.67. The number of aromatic nitrogens is 3. The lowest BCUT2D eigenvalue weighted by Crippen LogP contribution is -2.51. The second-order valence-corrected chi connectivity index (χ2v) is 11.6. The van der Waals surface area contributed by atoms with Crippen LogP contribution in [0.5, 0.6) is 0 Å². The van der Waals surface area contributed by atoms with Gasteiger partial charge in [-0.1, -0.05) is 29.8 Å². The number of imidazole rings is 1. The molecule has 2 aliphatic heterocycles. The van der Waals surface area contributed by atoms with E-state index in [0.717, 1.165) is 4.70 Å². The molecule has 0 spiro atoms. The third kappa shape index (κ3) is 4.36. The molecule has 0 bridgehead atoms. The Labute approximate surface area is 226 Å². The van der Waals surface area contributed by atoms with Gasteiger partial charge in [0, 0.05) is 38.3 Å². The van der Waals surface area contributed by atoms with Crippen LogP contribution in [0.25, 0.3) is 10.1 Å². The average Bonchev–Trinajstić information content (AvgIpc) is 3.46. The van der Waals surface area contributed by atoms with Crippen LogP contribution in [0.4, 0.5) is 10.2 Å². The highest BCUT2D eigenvalue weighted by Gasteiger charge is 2.37. The van der Waals surface area contributed by atoms with Crippen molar-refractivity contribution in [3.63, 3.8) is 0 Å². The largest absolute Gasteiger partial charge is 0.345 e. The number of amides is 3. The molecule has 0 saturated carbocycles. The molecule has 2 aromatic carbocycles. The monoisotopic (exact) mass is 572 g/mol. The Kier molecular flexibility index (Phi) is 6.20. The zero-order valence-electron chi connectivity index (χ0n) is 19.4. The summed E-state index contributed by atoms with van der Waals surface area (Å²) in [5.41, 5.74) is 0.666. The lowest BCUT2D eigenvalue weighted by Gasteiger charge is -2.29. The van der Waals surface area contributed by atoms with E-state index in [0.29, 0.717) is 16.9 Å². The van der Waals surface area contributed by atoms with E-state index in [1.54, 1.807) is 12.1 Å². The molecule has 1 saturated heterocycles. The Morgan fingerprint density at radius 3 is 2.76 bits per heavy atom. The van der Waals surface area contributed by atoms with Crippen LogP contribution >= 0.6 is 23.1 Å². The number of nitrogens with zero attached hydrogens (tertiary/aromatic N) is 3. The van der Waals surface area contributed by atoms with Crippen molar-refractivity contribution < 1.29 is 23.0 Å². The molecule has 0 aliphatic carbocycles. The van der Waals surface area contributed by atoms with Crippen LogP contribution < -0.4 is 16.0 Å². The number of nitrogens with one attached hydrogen (secondary N) is 3. The summed E-state index contributed by atoms with van der Waals surface area (Å²) in [6.45, 7) is -0.263. The first-order valence-corrected chi connectivity index (χ1v) is 14.1. The van der Waals surface area contributed by atoms with Gasteiger partial charge in [-0.15, -0.1) is 0 Å². The second-order valence-electron chi connectivity index (χ2n) is 8.85. The molecule has 194 valence electrons. The number of fused-ring (bicyclic) bond motifs is 2. The van der Waals surface area contributed by atoms with Gasteiger partial charge in [-0.3, -0.25) is 18.6 Å². The number of halogens is 2. The highest BCUT2D eigenvalue weighted by molar-refractivity contribution is 7.86. The summed E-state index contributed by atoms with van der Waals surface area (Å²) in [7, 11) is -0.989. The van der Waals surface area contributed by atoms with Crippen molar-refractivity contribution in [1.82, 2.24) is 24.6 Å². The van der Waals surface area contributed by atoms with Crippen molar-refractivity contribution >= 4 is 67.6 Å². The number of carbonyl (C=O) groups excluding carboxylic acids is 3. The Morgan fingerprint density at radius 1 is 1.18 bits per heavy atom. The Hall–Kier alpha value is -3.68. The molecule has 2 aliphatic rings. The summed E-state index contributed by atoms with van der Waals surface area (Å²) in [5, 5.41) is 9.09. The van der Waals surface area contributed by atoms with Crippen LogP contribution in [0.15, 0.2) is 42.5 Å². The molecule has 4 aromatic rings. The summed E-state index contributed by atoms with van der Waals surface area (Å²) < 4.78 is 32.2. The maximum Gasteiger partial charge on any atom is 0.287 e. The van der Waals surface area contributed by atoms with Crippen LogP contribution in [0.3, 0.4) is 0 Å². The van der Waals surface area contributed by atoms with E-state index in [2.05, 4.69) is 25.3 Å². The molecule has 6 rings (SSSR count). The first-order chi connectivity index (χ1) is 18.3. The van der Waals surface area contributed by atoms with Crippen LogP contribution in [0, 0.1) is 5.82 Å². The van der Waals surface area contributed by atoms with Gasteiger partial charge in [-0.05, 0) is 35.8 Å². The van der Waals surface area contributed by atoms with Gasteiger partial charge in [0.1, 0.15) is 18.1 Å². The molecule has 38 heavy (non-hydrogen) atoms. The average molecular weight is 573 g/mol. The molecule has 3 amide bonds. The zero-order valence-corrected chi connectivity index (χ0v) is 21.8. The van der Waals surface area contributed by atoms with Gasteiger partial charge in [-0.2, -0.15) is 4.37 Å². The first-order valence-electron chi connectivity index (χ1n) is 11.4. The molecule has 1 fully saturated rings. The molecule has 2 aromatic heterocycles. The molecule has 0 radical (unpaired) electrons. The van der Waals surface area contributed by atoms with E-state index in [1.807, 2.05) is 12.1 Å². The SMILES string of the molecule is O=C1Cn2c(C(=O)NC3CS(=O)C3)nc(NC(=O)c3nsc4ccccc34)c2C(c2cc(F)ccc2Cl)N1. The molecule has 4 heterocycles. The Bertz CT molecular complexity index is 1660. The van der Waals surface area contributed by atoms with Crippen molar-refractivity contribution in [1.29, 1.82) is 0 Å². The lowest BCUT2D eigenvalue weighted by molar-refractivity contribution is -0.123. The molecule has 10 nitrogen and oxygen atoms in total. The van der Waals surface area contributed by atoms with E-state index in [1.165, 1.54) is 34.3 Å². The maximum absolute atomic E-state index is 14.2. The normalized spacial score (nSPS) is 20.4. The highest BCUT2D eigenvalue weighted by Crippen LogP contribution is 2.36. The maximum atomic E-state index is 14.2. The number of benzene rings is 2. The smallest absolute Gasteiger partial charge is 0.287 e. The molecule has 1 unspecified atom stereocenters. The van der Waals surface area contributed by atoms with E-state index in [9.17, 15) is 23.0 Å². The van der Waals surface area contributed by atoms with Crippen molar-refractivity contribution in [2.24, 2.45) is 0 Å². The number of carbonyl (C=O) groups is 3. The molecule has 3 N–H and O–H groups in total. The fourth-order valence-electron chi connectivity index (χ4n) is 4.51. The van der Waals surface area contributed by atoms with Crippen molar-refractivity contribution in [2.75, 3.05) is 16.8 Å². The topological polar surface area (TPSA) is 135 Å². The minimum Gasteiger partial charge on any atom is -0.345 e. The van der Waals surface area contributed by atoms with Crippen LogP contribution in [-0.2, 0) is 22.1 Å². The van der Waals surface area contributed by atoms with Gasteiger partial charge >= 0.3 is 0 Å². The van der Waals surface area contributed by atoms with Crippen molar-refractivity contribution in [3.8, 4) is 0 Å². The molecule has 1 atom stereocenters. The fourth-order valence-corrected chi connectivity index (χ4v) is 6.48. The van der Waals surface area contributed by atoms with Crippen molar-refractivity contribution in [2.45, 2.75) is 18.6 Å². The molecule has 14 heteroatoms. The number of hydrogen-bond donors (Lipinski definition) is 3. The van der Waals surface area contributed by atoms with Gasteiger partial charge in [0.2, 0.25) is 11.7 Å². The summed E-state index contributed by atoms with van der Waals surface area (Å²) in [5.74, 6) is -1.67. The minimum atomic E-state index is -1.01. The van der Waals surface area contributed by atoms with E-state index >= 15 is 0 Å². The van der Waals surface area contributed by atoms with Gasteiger partial charge in [0.05, 0.1) is 22.5 Å². The summed E-state index contributed by atoms with van der Waals surface area (Å²) in [4.78, 5) is 43.6. The number of anilines is 1. The van der Waals surface area contributed by atoms with Crippen LogP contribution in [0.2, 0.25) is 5.02 Å². The van der Waals surface area contributed by atoms with Gasteiger partial charge in [0.25, 0.3) is 11.8 Å². The quantitative estimate of drug-likeness (QED) is 0.336. The third-order valence-electron chi connectivity index (χ3n) is 6.29. The summed E-state index contributed by atoms with van der Waals surface area (Å²) in [6.07, 6.45) is 0. The van der Waals surface area contributed by atoms with Gasteiger partial charge in [0.15, 0.2) is 5.82 Å². The predicted octanol–water partition coefficient (Wildman–Crippen LogP) is 2.62. The molecular formula is C24H18ClFN6O4S2. The second kappa shape index (κ2) is 9.57. The predicted molar refractivity (Wildman–Crippen MR) is 140 cm³/mol. The zero-order chi connectivity index (χ0) is 26.6. The first kappa shape index (κ1) is 24.6. The summed E-state index contributed by atoms with van der Waals surface area (Å²) >= 11 is 7.54. The van der Waals surface area contributed by atoms with E-state index in [4.69, 9.17) is 11.6 Å². The molecular weight excluding hydrogens is 555 g/mol. The fraction of sp³-hybridized carbons (Fsp3) is 0.208. The number of hydrogen-bond acceptors (Lipinski definition) is 7. The Balaban J connectivity index is 1.44. The lowest BCUT2D eigenvalue weighted by atomic mass is 10.0.